The maximum atomic E-state index is 13.2. The second kappa shape index (κ2) is 9.82. The molecule has 3 heterocycles. The van der Waals surface area contributed by atoms with Crippen LogP contribution >= 0.6 is 11.3 Å². The van der Waals surface area contributed by atoms with Crippen LogP contribution in [0.2, 0.25) is 0 Å². The van der Waals surface area contributed by atoms with Crippen LogP contribution in [0.5, 0.6) is 0 Å². The van der Waals surface area contributed by atoms with Gasteiger partial charge in [-0.1, -0.05) is 74.5 Å². The van der Waals surface area contributed by atoms with Crippen LogP contribution in [0.3, 0.4) is 0 Å². The SMILES string of the molecule is CC(C)C(C(=O)Nc1nc2c(s1)CN(Cc1ccccc1)CC2)n1nnc(-c2ccccc2)n1. The predicted molar refractivity (Wildman–Crippen MR) is 132 cm³/mol. The average Bonchev–Trinajstić information content (AvgIpc) is 3.47. The molecule has 4 aromatic rings. The number of carbonyl (C=O) groups is 1. The topological polar surface area (TPSA) is 88.8 Å². The highest BCUT2D eigenvalue weighted by Crippen LogP contribution is 2.30. The summed E-state index contributed by atoms with van der Waals surface area (Å²) in [5.41, 5.74) is 3.25. The van der Waals surface area contributed by atoms with Crippen molar-refractivity contribution in [2.45, 2.75) is 39.4 Å². The third-order valence-electron chi connectivity index (χ3n) is 5.90. The molecule has 0 spiro atoms. The van der Waals surface area contributed by atoms with Crippen molar-refractivity contribution in [1.29, 1.82) is 0 Å². The lowest BCUT2D eigenvalue weighted by Crippen LogP contribution is -2.31. The number of nitrogens with one attached hydrogen (secondary N) is 1. The summed E-state index contributed by atoms with van der Waals surface area (Å²) in [4.78, 5) is 23.0. The number of anilines is 1. The smallest absolute Gasteiger partial charge is 0.253 e. The molecule has 1 aliphatic heterocycles. The quantitative estimate of drug-likeness (QED) is 0.433. The van der Waals surface area contributed by atoms with Crippen LogP contribution in [0.15, 0.2) is 60.7 Å². The number of amides is 1. The number of nitrogens with zero attached hydrogens (tertiary/aromatic N) is 6. The van der Waals surface area contributed by atoms with Gasteiger partial charge in [0.2, 0.25) is 5.82 Å². The van der Waals surface area contributed by atoms with Crippen molar-refractivity contribution in [3.8, 4) is 11.4 Å². The van der Waals surface area contributed by atoms with Gasteiger partial charge in [0.1, 0.15) is 0 Å². The molecule has 34 heavy (non-hydrogen) atoms. The van der Waals surface area contributed by atoms with E-state index in [-0.39, 0.29) is 11.8 Å². The van der Waals surface area contributed by atoms with Gasteiger partial charge in [-0.15, -0.1) is 21.5 Å². The van der Waals surface area contributed by atoms with E-state index in [1.165, 1.54) is 15.2 Å². The van der Waals surface area contributed by atoms with Crippen LogP contribution in [-0.2, 0) is 24.3 Å². The fourth-order valence-corrected chi connectivity index (χ4v) is 5.23. The Kier molecular flexibility index (Phi) is 6.46. The molecule has 2 aromatic carbocycles. The summed E-state index contributed by atoms with van der Waals surface area (Å²) in [6.45, 7) is 6.67. The maximum Gasteiger partial charge on any atom is 0.253 e. The molecule has 0 saturated heterocycles. The first-order valence-corrected chi connectivity index (χ1v) is 12.3. The highest BCUT2D eigenvalue weighted by Gasteiger charge is 2.29. The van der Waals surface area contributed by atoms with Gasteiger partial charge in [0.25, 0.3) is 5.91 Å². The zero-order valence-corrected chi connectivity index (χ0v) is 20.1. The molecule has 1 N–H and O–H groups in total. The molecule has 5 rings (SSSR count). The summed E-state index contributed by atoms with van der Waals surface area (Å²) >= 11 is 1.55. The van der Waals surface area contributed by atoms with E-state index in [1.807, 2.05) is 50.2 Å². The largest absolute Gasteiger partial charge is 0.300 e. The Balaban J connectivity index is 1.28. The van der Waals surface area contributed by atoms with Crippen molar-refractivity contribution in [3.63, 3.8) is 0 Å². The van der Waals surface area contributed by atoms with Crippen molar-refractivity contribution in [3.05, 3.63) is 76.8 Å². The number of tetrazole rings is 1. The Hall–Kier alpha value is -3.43. The number of benzene rings is 2. The van der Waals surface area contributed by atoms with Crippen LogP contribution < -0.4 is 5.32 Å². The molecular weight excluding hydrogens is 446 g/mol. The Morgan fingerprint density at radius 1 is 1.09 bits per heavy atom. The van der Waals surface area contributed by atoms with Gasteiger partial charge in [-0.2, -0.15) is 4.80 Å². The van der Waals surface area contributed by atoms with Crippen molar-refractivity contribution < 1.29 is 4.79 Å². The van der Waals surface area contributed by atoms with Gasteiger partial charge < -0.3 is 5.32 Å². The molecule has 0 aliphatic carbocycles. The third-order valence-corrected chi connectivity index (χ3v) is 6.90. The van der Waals surface area contributed by atoms with Crippen LogP contribution in [0, 0.1) is 5.92 Å². The fourth-order valence-electron chi connectivity index (χ4n) is 4.18. The van der Waals surface area contributed by atoms with E-state index in [0.29, 0.717) is 11.0 Å². The molecule has 2 aromatic heterocycles. The maximum absolute atomic E-state index is 13.2. The van der Waals surface area contributed by atoms with E-state index >= 15 is 0 Å². The molecule has 8 nitrogen and oxygen atoms in total. The first-order valence-electron chi connectivity index (χ1n) is 11.5. The number of hydrogen-bond acceptors (Lipinski definition) is 7. The van der Waals surface area contributed by atoms with Gasteiger partial charge in [0.15, 0.2) is 11.2 Å². The standard InChI is InChI=1S/C25H27N7OS/c1-17(2)22(32-29-23(28-30-32)19-11-7-4-8-12-19)24(33)27-25-26-20-13-14-31(16-21(20)34-25)15-18-9-5-3-6-10-18/h3-12,17,22H,13-16H2,1-2H3,(H,26,27,33). The highest BCUT2D eigenvalue weighted by molar-refractivity contribution is 7.15. The average molecular weight is 474 g/mol. The minimum atomic E-state index is -0.583. The van der Waals surface area contributed by atoms with Gasteiger partial charge >= 0.3 is 0 Å². The second-order valence-corrected chi connectivity index (χ2v) is 9.90. The molecule has 0 bridgehead atoms. The van der Waals surface area contributed by atoms with E-state index in [2.05, 4.69) is 49.9 Å². The van der Waals surface area contributed by atoms with Gasteiger partial charge in [-0.3, -0.25) is 9.69 Å². The first-order chi connectivity index (χ1) is 16.6. The number of hydrogen-bond donors (Lipinski definition) is 1. The summed E-state index contributed by atoms with van der Waals surface area (Å²) in [6, 6.07) is 19.5. The monoisotopic (exact) mass is 473 g/mol. The lowest BCUT2D eigenvalue weighted by Gasteiger charge is -2.25. The van der Waals surface area contributed by atoms with E-state index < -0.39 is 6.04 Å². The van der Waals surface area contributed by atoms with Crippen molar-refractivity contribution in [1.82, 2.24) is 30.1 Å². The van der Waals surface area contributed by atoms with Crippen LogP contribution in [-0.4, -0.2) is 42.5 Å². The molecule has 174 valence electrons. The summed E-state index contributed by atoms with van der Waals surface area (Å²) in [5, 5.41) is 16.5. The lowest BCUT2D eigenvalue weighted by atomic mass is 10.0. The Bertz CT molecular complexity index is 1250. The van der Waals surface area contributed by atoms with E-state index in [4.69, 9.17) is 4.98 Å². The van der Waals surface area contributed by atoms with Gasteiger partial charge in [-0.25, -0.2) is 4.98 Å². The molecule has 1 aliphatic rings. The number of rotatable bonds is 7. The number of carbonyl (C=O) groups excluding carboxylic acids is 1. The molecule has 9 heteroatoms. The van der Waals surface area contributed by atoms with Crippen molar-refractivity contribution in [2.75, 3.05) is 11.9 Å². The summed E-state index contributed by atoms with van der Waals surface area (Å²) in [6.07, 6.45) is 0.882. The van der Waals surface area contributed by atoms with Gasteiger partial charge in [0.05, 0.1) is 5.69 Å². The van der Waals surface area contributed by atoms with Crippen LogP contribution in [0.4, 0.5) is 5.13 Å². The lowest BCUT2D eigenvalue weighted by molar-refractivity contribution is -0.121. The van der Waals surface area contributed by atoms with E-state index in [0.717, 1.165) is 37.3 Å². The molecule has 0 fully saturated rings. The first kappa shape index (κ1) is 22.4. The summed E-state index contributed by atoms with van der Waals surface area (Å²) in [7, 11) is 0. The molecule has 1 atom stereocenters. The molecule has 0 radical (unpaired) electrons. The third kappa shape index (κ3) is 4.90. The minimum absolute atomic E-state index is 0.0197. The number of thiazole rings is 1. The Morgan fingerprint density at radius 2 is 1.82 bits per heavy atom. The highest BCUT2D eigenvalue weighted by atomic mass is 32.1. The van der Waals surface area contributed by atoms with Crippen LogP contribution in [0.25, 0.3) is 11.4 Å². The van der Waals surface area contributed by atoms with E-state index in [1.54, 1.807) is 11.3 Å². The van der Waals surface area contributed by atoms with Gasteiger partial charge in [-0.05, 0) is 16.7 Å². The molecule has 1 amide bonds. The number of aromatic nitrogens is 5. The minimum Gasteiger partial charge on any atom is -0.300 e. The second-order valence-electron chi connectivity index (χ2n) is 8.81. The normalized spacial score (nSPS) is 14.7. The molecular formula is C25H27N7OS. The summed E-state index contributed by atoms with van der Waals surface area (Å²) < 4.78 is 0. The fraction of sp³-hybridized carbons (Fsp3) is 0.320. The van der Waals surface area contributed by atoms with E-state index in [9.17, 15) is 4.79 Å². The summed E-state index contributed by atoms with van der Waals surface area (Å²) in [5.74, 6) is 0.301. The number of fused-ring (bicyclic) bond motifs is 1. The molecule has 0 saturated carbocycles. The zero-order valence-electron chi connectivity index (χ0n) is 19.3. The Morgan fingerprint density at radius 3 is 2.56 bits per heavy atom. The molecule has 1 unspecified atom stereocenters. The Labute approximate surface area is 202 Å². The van der Waals surface area contributed by atoms with Crippen molar-refractivity contribution in [2.24, 2.45) is 5.92 Å². The van der Waals surface area contributed by atoms with Crippen molar-refractivity contribution >= 4 is 22.4 Å². The predicted octanol–water partition coefficient (Wildman–Crippen LogP) is 4.19. The van der Waals surface area contributed by atoms with Crippen LogP contribution in [0.1, 0.15) is 36.0 Å². The zero-order chi connectivity index (χ0) is 23.5. The van der Waals surface area contributed by atoms with Gasteiger partial charge in [0, 0.05) is 36.5 Å².